The van der Waals surface area contributed by atoms with Crippen LogP contribution in [0.2, 0.25) is 0 Å². The van der Waals surface area contributed by atoms with Gasteiger partial charge in [-0.1, -0.05) is 25.5 Å². The number of hydrogen-bond acceptors (Lipinski definition) is 5. The Morgan fingerprint density at radius 2 is 1.90 bits per heavy atom. The van der Waals surface area contributed by atoms with Crippen LogP contribution in [0.5, 0.6) is 5.75 Å². The first-order chi connectivity index (χ1) is 14.7. The van der Waals surface area contributed by atoms with Crippen molar-refractivity contribution in [3.8, 4) is 5.75 Å². The second-order valence-corrected chi connectivity index (χ2v) is 8.78. The Kier molecular flexibility index (Phi) is 6.87. The molecule has 0 fully saturated rings. The molecule has 0 radical (unpaired) electrons. The van der Waals surface area contributed by atoms with Crippen molar-refractivity contribution in [3.63, 3.8) is 0 Å². The molecule has 0 saturated heterocycles. The first kappa shape index (κ1) is 22.7. The average molecular weight is 429 g/mol. The number of hydrogen-bond donors (Lipinski definition) is 1. The molecular weight excluding hydrogens is 396 g/mol. The molecule has 1 aliphatic heterocycles. The van der Waals surface area contributed by atoms with E-state index >= 15 is 0 Å². The number of benzene rings is 1. The maximum absolute atomic E-state index is 12.5. The Bertz CT molecular complexity index is 928. The van der Waals surface area contributed by atoms with Gasteiger partial charge in [0.15, 0.2) is 6.61 Å². The smallest absolute Gasteiger partial charge is 0.410 e. The summed E-state index contributed by atoms with van der Waals surface area (Å²) in [5.74, 6) is 0.950. The van der Waals surface area contributed by atoms with Crippen LogP contribution in [-0.4, -0.2) is 45.4 Å². The van der Waals surface area contributed by atoms with Gasteiger partial charge in [-0.2, -0.15) is 5.10 Å². The zero-order valence-corrected chi connectivity index (χ0v) is 19.0. The predicted octanol–water partition coefficient (Wildman–Crippen LogP) is 3.68. The summed E-state index contributed by atoms with van der Waals surface area (Å²) in [4.78, 5) is 26.6. The quantitative estimate of drug-likeness (QED) is 0.759. The standard InChI is InChI=1S/C23H32N4O4/c1-6-7-16-8-10-17(11-9-16)30-15-20(28)24-21-18-14-27(22(29)31-23(2,3)4)13-12-19(18)25-26(21)5/h8-11H,6-7,12-15H2,1-5H3,(H,24,28). The molecule has 1 N–H and O–H groups in total. The molecule has 31 heavy (non-hydrogen) atoms. The van der Waals surface area contributed by atoms with Crippen molar-refractivity contribution in [2.75, 3.05) is 18.5 Å². The van der Waals surface area contributed by atoms with E-state index in [0.29, 0.717) is 31.1 Å². The number of nitrogens with one attached hydrogen (secondary N) is 1. The minimum absolute atomic E-state index is 0.108. The van der Waals surface area contributed by atoms with Crippen molar-refractivity contribution in [1.82, 2.24) is 14.7 Å². The Morgan fingerprint density at radius 1 is 1.19 bits per heavy atom. The highest BCUT2D eigenvalue weighted by Gasteiger charge is 2.30. The lowest BCUT2D eigenvalue weighted by Crippen LogP contribution is -2.40. The number of nitrogens with zero attached hydrogens (tertiary/aromatic N) is 3. The molecule has 2 heterocycles. The number of carbonyl (C=O) groups is 2. The summed E-state index contributed by atoms with van der Waals surface area (Å²) < 4.78 is 12.7. The van der Waals surface area contributed by atoms with Crippen LogP contribution in [0.3, 0.4) is 0 Å². The van der Waals surface area contributed by atoms with Gasteiger partial charge in [0.05, 0.1) is 12.2 Å². The number of anilines is 1. The van der Waals surface area contributed by atoms with Crippen LogP contribution in [0.25, 0.3) is 0 Å². The Labute approximate surface area is 183 Å². The van der Waals surface area contributed by atoms with Crippen molar-refractivity contribution in [2.24, 2.45) is 7.05 Å². The summed E-state index contributed by atoms with van der Waals surface area (Å²) >= 11 is 0. The van der Waals surface area contributed by atoms with E-state index < -0.39 is 5.60 Å². The van der Waals surface area contributed by atoms with Crippen LogP contribution in [0.1, 0.15) is 50.9 Å². The molecule has 8 heteroatoms. The molecule has 1 aromatic carbocycles. The van der Waals surface area contributed by atoms with E-state index in [1.165, 1.54) is 5.56 Å². The normalized spacial score (nSPS) is 13.5. The number of ether oxygens (including phenoxy) is 2. The summed E-state index contributed by atoms with van der Waals surface area (Å²) in [7, 11) is 1.78. The fourth-order valence-corrected chi connectivity index (χ4v) is 3.50. The summed E-state index contributed by atoms with van der Waals surface area (Å²) in [6.45, 7) is 8.42. The molecule has 0 unspecified atom stereocenters. The zero-order chi connectivity index (χ0) is 22.6. The monoisotopic (exact) mass is 428 g/mol. The highest BCUT2D eigenvalue weighted by atomic mass is 16.6. The second-order valence-electron chi connectivity index (χ2n) is 8.78. The summed E-state index contributed by atoms with van der Waals surface area (Å²) in [6, 6.07) is 7.78. The molecule has 168 valence electrons. The third-order valence-electron chi connectivity index (χ3n) is 4.94. The minimum atomic E-state index is -0.560. The van der Waals surface area contributed by atoms with Gasteiger partial charge in [-0.25, -0.2) is 4.79 Å². The van der Waals surface area contributed by atoms with Crippen molar-refractivity contribution < 1.29 is 19.1 Å². The van der Waals surface area contributed by atoms with E-state index in [9.17, 15) is 9.59 Å². The topological polar surface area (TPSA) is 85.7 Å². The third-order valence-corrected chi connectivity index (χ3v) is 4.94. The van der Waals surface area contributed by atoms with Crippen molar-refractivity contribution in [1.29, 1.82) is 0 Å². The maximum Gasteiger partial charge on any atom is 0.410 e. The first-order valence-corrected chi connectivity index (χ1v) is 10.7. The Balaban J connectivity index is 1.61. The van der Waals surface area contributed by atoms with E-state index in [-0.39, 0.29) is 18.6 Å². The molecule has 2 amide bonds. The van der Waals surface area contributed by atoms with Gasteiger partial charge >= 0.3 is 6.09 Å². The molecule has 0 bridgehead atoms. The van der Waals surface area contributed by atoms with Gasteiger partial charge in [0, 0.05) is 25.6 Å². The van der Waals surface area contributed by atoms with Gasteiger partial charge < -0.3 is 19.7 Å². The van der Waals surface area contributed by atoms with Crippen LogP contribution in [0.15, 0.2) is 24.3 Å². The van der Waals surface area contributed by atoms with Gasteiger partial charge in [-0.15, -0.1) is 0 Å². The highest BCUT2D eigenvalue weighted by Crippen LogP contribution is 2.27. The van der Waals surface area contributed by atoms with Crippen LogP contribution in [0.4, 0.5) is 10.6 Å². The van der Waals surface area contributed by atoms with E-state index in [4.69, 9.17) is 9.47 Å². The fourth-order valence-electron chi connectivity index (χ4n) is 3.50. The Hall–Kier alpha value is -3.03. The summed E-state index contributed by atoms with van der Waals surface area (Å²) in [5, 5.41) is 7.39. The van der Waals surface area contributed by atoms with Crippen molar-refractivity contribution in [3.05, 3.63) is 41.1 Å². The molecule has 2 aromatic rings. The van der Waals surface area contributed by atoms with E-state index in [1.807, 2.05) is 45.0 Å². The van der Waals surface area contributed by atoms with Crippen molar-refractivity contribution in [2.45, 2.75) is 59.1 Å². The predicted molar refractivity (Wildman–Crippen MR) is 118 cm³/mol. The van der Waals surface area contributed by atoms with Gasteiger partial charge in [0.1, 0.15) is 17.2 Å². The first-order valence-electron chi connectivity index (χ1n) is 10.7. The average Bonchev–Trinajstić information content (AvgIpc) is 3.01. The van der Waals surface area contributed by atoms with Crippen molar-refractivity contribution >= 4 is 17.8 Å². The van der Waals surface area contributed by atoms with E-state index in [0.717, 1.165) is 24.1 Å². The lowest BCUT2D eigenvalue weighted by Gasteiger charge is -2.29. The summed E-state index contributed by atoms with van der Waals surface area (Å²) in [5.41, 5.74) is 2.40. The fraction of sp³-hybridized carbons (Fsp3) is 0.522. The highest BCUT2D eigenvalue weighted by molar-refractivity contribution is 5.92. The second kappa shape index (κ2) is 9.41. The number of amides is 2. The lowest BCUT2D eigenvalue weighted by atomic mass is 10.1. The van der Waals surface area contributed by atoms with Gasteiger partial charge in [0.2, 0.25) is 0 Å². The lowest BCUT2D eigenvalue weighted by molar-refractivity contribution is -0.118. The van der Waals surface area contributed by atoms with Crippen LogP contribution >= 0.6 is 0 Å². The number of aromatic nitrogens is 2. The van der Waals surface area contributed by atoms with Crippen LogP contribution in [0, 0.1) is 0 Å². The molecule has 3 rings (SSSR count). The Morgan fingerprint density at radius 3 is 2.55 bits per heavy atom. The van der Waals surface area contributed by atoms with Crippen LogP contribution < -0.4 is 10.1 Å². The molecule has 8 nitrogen and oxygen atoms in total. The third kappa shape index (κ3) is 5.99. The SMILES string of the molecule is CCCc1ccc(OCC(=O)Nc2c3c(nn2C)CCN(C(=O)OC(C)(C)C)C3)cc1. The number of fused-ring (bicyclic) bond motifs is 1. The van der Waals surface area contributed by atoms with Gasteiger partial charge in [0.25, 0.3) is 5.91 Å². The zero-order valence-electron chi connectivity index (χ0n) is 19.0. The summed E-state index contributed by atoms with van der Waals surface area (Å²) in [6.07, 6.45) is 2.35. The minimum Gasteiger partial charge on any atom is -0.484 e. The molecule has 1 aliphatic rings. The molecule has 1 aromatic heterocycles. The largest absolute Gasteiger partial charge is 0.484 e. The maximum atomic E-state index is 12.5. The molecule has 0 spiro atoms. The molecule has 0 saturated carbocycles. The molecule has 0 atom stereocenters. The van der Waals surface area contributed by atoms with E-state index in [2.05, 4.69) is 17.3 Å². The number of aryl methyl sites for hydroxylation is 2. The van der Waals surface area contributed by atoms with E-state index in [1.54, 1.807) is 16.6 Å². The van der Waals surface area contributed by atoms with Crippen LogP contribution in [-0.2, 0) is 36.0 Å². The molecular formula is C23H32N4O4. The number of rotatable bonds is 6. The van der Waals surface area contributed by atoms with Gasteiger partial charge in [-0.3, -0.25) is 9.48 Å². The molecule has 0 aliphatic carbocycles. The number of carbonyl (C=O) groups excluding carboxylic acids is 2. The van der Waals surface area contributed by atoms with Gasteiger partial charge in [-0.05, 0) is 44.9 Å².